The summed E-state index contributed by atoms with van der Waals surface area (Å²) in [5.74, 6) is 0. The van der Waals surface area contributed by atoms with Gasteiger partial charge in [0.15, 0.2) is 0 Å². The Kier molecular flexibility index (Phi) is 2.44. The maximum absolute atomic E-state index is 10.7. The van der Waals surface area contributed by atoms with Crippen molar-refractivity contribution in [1.82, 2.24) is 0 Å². The van der Waals surface area contributed by atoms with E-state index >= 15 is 0 Å². The molecule has 0 unspecified atom stereocenters. The number of aliphatic hydroxyl groups is 1. The highest BCUT2D eigenvalue weighted by molar-refractivity contribution is 5.12. The summed E-state index contributed by atoms with van der Waals surface area (Å²) in [6.07, 6.45) is 5.54. The molecule has 1 saturated heterocycles. The predicted molar refractivity (Wildman–Crippen MR) is 60.8 cm³/mol. The van der Waals surface area contributed by atoms with Crippen molar-refractivity contribution in [2.45, 2.75) is 77.1 Å². The minimum Gasteiger partial charge on any atom is -0.387 e. The van der Waals surface area contributed by atoms with Gasteiger partial charge in [-0.1, -0.05) is 13.8 Å². The van der Waals surface area contributed by atoms with Gasteiger partial charge in [0.2, 0.25) is 0 Å². The van der Waals surface area contributed by atoms with E-state index in [9.17, 15) is 5.11 Å². The molecule has 0 aromatic carbocycles. The Morgan fingerprint density at radius 2 is 1.80 bits per heavy atom. The maximum atomic E-state index is 10.7. The van der Waals surface area contributed by atoms with Gasteiger partial charge in [0, 0.05) is 0 Å². The van der Waals surface area contributed by atoms with Crippen LogP contribution in [0.3, 0.4) is 0 Å². The first-order chi connectivity index (χ1) is 6.81. The molecule has 0 aromatic rings. The maximum Gasteiger partial charge on any atom is 0.102 e. The standard InChI is InChI=1S/C13H24O2/c1-10-6-9-13(15-10)11(2,3)7-5-8-12(13,4)14/h10,14H,5-9H2,1-4H3/t10-,12+,13-/m1/s1. The molecule has 0 aromatic heterocycles. The lowest BCUT2D eigenvalue weighted by atomic mass is 9.57. The van der Waals surface area contributed by atoms with Crippen LogP contribution < -0.4 is 0 Å². The molecule has 1 aliphatic heterocycles. The lowest BCUT2D eigenvalue weighted by Crippen LogP contribution is -2.63. The van der Waals surface area contributed by atoms with Gasteiger partial charge in [-0.25, -0.2) is 0 Å². The highest BCUT2D eigenvalue weighted by Gasteiger charge is 2.61. The van der Waals surface area contributed by atoms with E-state index in [0.29, 0.717) is 6.10 Å². The summed E-state index contributed by atoms with van der Waals surface area (Å²) in [5, 5.41) is 10.7. The van der Waals surface area contributed by atoms with E-state index in [1.807, 2.05) is 6.92 Å². The Balaban J connectivity index is 2.38. The lowest BCUT2D eigenvalue weighted by Gasteiger charge is -2.56. The zero-order valence-electron chi connectivity index (χ0n) is 10.5. The largest absolute Gasteiger partial charge is 0.387 e. The number of hydrogen-bond donors (Lipinski definition) is 1. The van der Waals surface area contributed by atoms with Crippen LogP contribution >= 0.6 is 0 Å². The highest BCUT2D eigenvalue weighted by Crippen LogP contribution is 2.57. The third-order valence-corrected chi connectivity index (χ3v) is 4.73. The second-order valence-corrected chi connectivity index (χ2v) is 6.31. The molecule has 0 radical (unpaired) electrons. The van der Waals surface area contributed by atoms with E-state index in [-0.39, 0.29) is 11.0 Å². The van der Waals surface area contributed by atoms with Crippen LogP contribution in [0.4, 0.5) is 0 Å². The SMILES string of the molecule is C[C@@H]1CC[C@@]2(O1)C(C)(C)CCC[C@]2(C)O. The summed E-state index contributed by atoms with van der Waals surface area (Å²) < 4.78 is 6.17. The summed E-state index contributed by atoms with van der Waals surface area (Å²) in [4.78, 5) is 0. The van der Waals surface area contributed by atoms with Gasteiger partial charge in [-0.15, -0.1) is 0 Å². The second kappa shape index (κ2) is 3.21. The normalized spacial score (nSPS) is 49.8. The van der Waals surface area contributed by atoms with Gasteiger partial charge >= 0.3 is 0 Å². The molecule has 15 heavy (non-hydrogen) atoms. The van der Waals surface area contributed by atoms with Crippen LogP contribution in [0.25, 0.3) is 0 Å². The van der Waals surface area contributed by atoms with Gasteiger partial charge in [0.05, 0.1) is 11.7 Å². The molecule has 2 aliphatic rings. The Hall–Kier alpha value is -0.0800. The van der Waals surface area contributed by atoms with Gasteiger partial charge in [0.1, 0.15) is 5.60 Å². The van der Waals surface area contributed by atoms with Crippen molar-refractivity contribution in [2.75, 3.05) is 0 Å². The van der Waals surface area contributed by atoms with Gasteiger partial charge in [-0.2, -0.15) is 0 Å². The molecule has 2 fully saturated rings. The van der Waals surface area contributed by atoms with Gasteiger partial charge in [0.25, 0.3) is 0 Å². The smallest absolute Gasteiger partial charge is 0.102 e. The van der Waals surface area contributed by atoms with Crippen molar-refractivity contribution in [1.29, 1.82) is 0 Å². The molecule has 1 spiro atoms. The Morgan fingerprint density at radius 1 is 1.13 bits per heavy atom. The summed E-state index contributed by atoms with van der Waals surface area (Å²) in [7, 11) is 0. The first-order valence-corrected chi connectivity index (χ1v) is 6.21. The fraction of sp³-hybridized carbons (Fsp3) is 1.00. The molecule has 1 N–H and O–H groups in total. The van der Waals surface area contributed by atoms with Gasteiger partial charge < -0.3 is 9.84 Å². The van der Waals surface area contributed by atoms with Crippen LogP contribution in [-0.4, -0.2) is 22.4 Å². The van der Waals surface area contributed by atoms with Crippen LogP contribution in [0, 0.1) is 5.41 Å². The molecule has 2 rings (SSSR count). The van der Waals surface area contributed by atoms with Crippen LogP contribution in [0.2, 0.25) is 0 Å². The van der Waals surface area contributed by atoms with E-state index in [1.165, 1.54) is 0 Å². The first-order valence-electron chi connectivity index (χ1n) is 6.21. The van der Waals surface area contributed by atoms with Crippen molar-refractivity contribution >= 4 is 0 Å². The Bertz CT molecular complexity index is 239. The zero-order chi connectivity index (χ0) is 11.3. The Labute approximate surface area is 93.0 Å². The molecule has 1 heterocycles. The summed E-state index contributed by atoms with van der Waals surface area (Å²) in [6, 6.07) is 0. The zero-order valence-corrected chi connectivity index (χ0v) is 10.5. The van der Waals surface area contributed by atoms with Crippen molar-refractivity contribution in [3.05, 3.63) is 0 Å². The summed E-state index contributed by atoms with van der Waals surface area (Å²) in [6.45, 7) is 8.58. The van der Waals surface area contributed by atoms with Crippen LogP contribution in [-0.2, 0) is 4.74 Å². The quantitative estimate of drug-likeness (QED) is 0.669. The molecule has 0 amide bonds. The van der Waals surface area contributed by atoms with E-state index in [0.717, 1.165) is 32.1 Å². The third kappa shape index (κ3) is 1.45. The number of ether oxygens (including phenoxy) is 1. The predicted octanol–water partition coefficient (Wildman–Crippen LogP) is 2.89. The van der Waals surface area contributed by atoms with E-state index in [4.69, 9.17) is 4.74 Å². The lowest BCUT2D eigenvalue weighted by molar-refractivity contribution is -0.239. The van der Waals surface area contributed by atoms with Gasteiger partial charge in [-0.3, -0.25) is 0 Å². The van der Waals surface area contributed by atoms with Crippen LogP contribution in [0.5, 0.6) is 0 Å². The van der Waals surface area contributed by atoms with E-state index in [2.05, 4.69) is 20.8 Å². The van der Waals surface area contributed by atoms with Crippen LogP contribution in [0.15, 0.2) is 0 Å². The van der Waals surface area contributed by atoms with E-state index < -0.39 is 5.60 Å². The molecule has 0 bridgehead atoms. The molecule has 88 valence electrons. The van der Waals surface area contributed by atoms with Crippen molar-refractivity contribution < 1.29 is 9.84 Å². The summed E-state index contributed by atoms with van der Waals surface area (Å²) in [5.41, 5.74) is -0.864. The first kappa shape index (κ1) is 11.4. The molecule has 2 heteroatoms. The van der Waals surface area contributed by atoms with Gasteiger partial charge in [-0.05, 0) is 51.4 Å². The minimum absolute atomic E-state index is 0.0967. The van der Waals surface area contributed by atoms with E-state index in [1.54, 1.807) is 0 Å². The molecular formula is C13H24O2. The molecule has 3 atom stereocenters. The second-order valence-electron chi connectivity index (χ2n) is 6.31. The molecule has 1 aliphatic carbocycles. The average Bonchev–Trinajstić information content (AvgIpc) is 2.46. The number of hydrogen-bond acceptors (Lipinski definition) is 2. The minimum atomic E-state index is -0.653. The van der Waals surface area contributed by atoms with Crippen molar-refractivity contribution in [2.24, 2.45) is 5.41 Å². The third-order valence-electron chi connectivity index (χ3n) is 4.73. The fourth-order valence-electron chi connectivity index (χ4n) is 3.77. The topological polar surface area (TPSA) is 29.5 Å². The summed E-state index contributed by atoms with van der Waals surface area (Å²) >= 11 is 0. The molecule has 1 saturated carbocycles. The Morgan fingerprint density at radius 3 is 2.27 bits per heavy atom. The monoisotopic (exact) mass is 212 g/mol. The highest BCUT2D eigenvalue weighted by atomic mass is 16.5. The number of rotatable bonds is 0. The molecule has 2 nitrogen and oxygen atoms in total. The fourth-order valence-corrected chi connectivity index (χ4v) is 3.77. The van der Waals surface area contributed by atoms with Crippen LogP contribution in [0.1, 0.15) is 59.8 Å². The average molecular weight is 212 g/mol. The molecular weight excluding hydrogens is 188 g/mol. The van der Waals surface area contributed by atoms with Crippen molar-refractivity contribution in [3.63, 3.8) is 0 Å². The van der Waals surface area contributed by atoms with Crippen molar-refractivity contribution in [3.8, 4) is 0 Å².